The first-order valence-corrected chi connectivity index (χ1v) is 23.0. The Morgan fingerprint density at radius 2 is 1.61 bits per heavy atom. The third-order valence-corrected chi connectivity index (χ3v) is 18.4. The molecule has 57 heavy (non-hydrogen) atoms. The number of aromatic carboxylic acids is 1. The number of carboxylic acids is 1. The van der Waals surface area contributed by atoms with Crippen molar-refractivity contribution in [2.24, 2.45) is 56.7 Å². The summed E-state index contributed by atoms with van der Waals surface area (Å²) in [4.78, 5) is 44.4. The van der Waals surface area contributed by atoms with Gasteiger partial charge in [-0.25, -0.2) is 4.79 Å². The lowest BCUT2D eigenvalue weighted by Crippen LogP contribution is -2.65. The summed E-state index contributed by atoms with van der Waals surface area (Å²) >= 11 is 0. The summed E-state index contributed by atoms with van der Waals surface area (Å²) in [6, 6.07) is 7.51. The molecule has 0 radical (unpaired) electrons. The molecule has 8 rings (SSSR count). The van der Waals surface area contributed by atoms with Crippen LogP contribution in [0.15, 0.2) is 41.5 Å². The number of likely N-dealkylation sites (tertiary alicyclic amines) is 1. The Hall–Kier alpha value is -2.77. The van der Waals surface area contributed by atoms with Crippen LogP contribution in [0.3, 0.4) is 0 Å². The lowest BCUT2D eigenvalue weighted by atomic mass is 9.32. The smallest absolute Gasteiger partial charge is 0.335 e. The third kappa shape index (κ3) is 6.27. The van der Waals surface area contributed by atoms with Crippen LogP contribution in [0.1, 0.15) is 154 Å². The first-order chi connectivity index (χ1) is 27.0. The minimum absolute atomic E-state index is 0.0329. The molecule has 1 aliphatic heterocycles. The largest absolute Gasteiger partial charge is 0.478 e. The zero-order valence-electron chi connectivity index (χ0n) is 36.3. The number of carboxylic acid groups (broad SMARTS) is 1. The van der Waals surface area contributed by atoms with Crippen LogP contribution in [-0.4, -0.2) is 76.5 Å². The van der Waals surface area contributed by atoms with Crippen molar-refractivity contribution in [3.05, 3.63) is 52.6 Å². The fourth-order valence-electron chi connectivity index (χ4n) is 15.5. The topological polar surface area (TPSA) is 98.2 Å². The highest BCUT2D eigenvalue weighted by Crippen LogP contribution is 2.78. The van der Waals surface area contributed by atoms with E-state index in [2.05, 4.69) is 59.4 Å². The molecule has 1 aromatic carbocycles. The fraction of sp³-hybridized carbons (Fsp3) is 0.740. The van der Waals surface area contributed by atoms with Gasteiger partial charge in [0, 0.05) is 24.9 Å². The van der Waals surface area contributed by atoms with Crippen molar-refractivity contribution in [3.8, 4) is 0 Å². The van der Waals surface area contributed by atoms with Crippen molar-refractivity contribution in [1.29, 1.82) is 0 Å². The van der Waals surface area contributed by atoms with Crippen molar-refractivity contribution in [2.75, 3.05) is 32.7 Å². The molecule has 6 aliphatic carbocycles. The van der Waals surface area contributed by atoms with Crippen molar-refractivity contribution in [2.45, 2.75) is 144 Å². The number of nitrogens with zero attached hydrogens (tertiary/aromatic N) is 2. The Bertz CT molecular complexity index is 1820. The Balaban J connectivity index is 1.12. The van der Waals surface area contributed by atoms with Gasteiger partial charge in [-0.2, -0.15) is 0 Å². The van der Waals surface area contributed by atoms with Gasteiger partial charge < -0.3 is 15.1 Å². The van der Waals surface area contributed by atoms with E-state index in [1.165, 1.54) is 17.6 Å². The molecule has 8 atom stereocenters. The summed E-state index contributed by atoms with van der Waals surface area (Å²) in [6.07, 6.45) is 16.4. The van der Waals surface area contributed by atoms with Gasteiger partial charge in [-0.1, -0.05) is 78.7 Å². The summed E-state index contributed by atoms with van der Waals surface area (Å²) in [5.41, 5.74) is 4.69. The van der Waals surface area contributed by atoms with Crippen molar-refractivity contribution >= 4 is 23.2 Å². The van der Waals surface area contributed by atoms with Gasteiger partial charge in [-0.15, -0.1) is 0 Å². The molecule has 1 amide bonds. The van der Waals surface area contributed by atoms with Gasteiger partial charge in [0.15, 0.2) is 5.78 Å². The first-order valence-electron chi connectivity index (χ1n) is 23.0. The molecule has 0 unspecified atom stereocenters. The number of Topliss-reactive ketones (excluding diaryl/α,β-unsaturated/α-hetero) is 1. The first kappa shape index (κ1) is 41.0. The number of aliphatic hydroxyl groups is 1. The van der Waals surface area contributed by atoms with Gasteiger partial charge in [-0.05, 0) is 170 Å². The standard InChI is InChI=1S/C50H72N2O5/c1-8-50-25-24-49(41(54)30-52(29-33-12-11-13-33)42(55)31-51-26-9-10-27-51)28-38(53)43(32(2)3)44(49)37(50)18-19-40-47(6)22-20-36(34-14-16-35(17-15-34)45(56)57)46(4,5)39(47)21-23-48(40,50)7/h14-17,20,32-33,37,39-41,54H,8-13,18-19,21-31H2,1-7H3,(H,56,57)/t37-,39-,40-,41+,47+,48-,49+,50-/m1/s1. The second-order valence-corrected chi connectivity index (χ2v) is 21.5. The van der Waals surface area contributed by atoms with Gasteiger partial charge >= 0.3 is 5.97 Å². The molecule has 4 saturated carbocycles. The zero-order valence-corrected chi connectivity index (χ0v) is 36.3. The number of allylic oxidation sites excluding steroid dienone is 3. The van der Waals surface area contributed by atoms with Crippen LogP contribution >= 0.6 is 0 Å². The zero-order chi connectivity index (χ0) is 40.7. The Morgan fingerprint density at radius 1 is 0.912 bits per heavy atom. The van der Waals surface area contributed by atoms with Crippen molar-refractivity contribution in [1.82, 2.24) is 9.80 Å². The molecule has 1 saturated heterocycles. The molecule has 1 aromatic rings. The quantitative estimate of drug-likeness (QED) is 0.232. The number of carbonyl (C=O) groups is 3. The number of aliphatic hydroxyl groups excluding tert-OH is 1. The molecule has 7 aliphatic rings. The van der Waals surface area contributed by atoms with Crippen LogP contribution in [-0.2, 0) is 9.59 Å². The lowest BCUT2D eigenvalue weighted by molar-refractivity contribution is -0.208. The predicted octanol–water partition coefficient (Wildman–Crippen LogP) is 9.83. The van der Waals surface area contributed by atoms with E-state index in [0.717, 1.165) is 108 Å². The minimum Gasteiger partial charge on any atom is -0.478 e. The molecule has 2 N–H and O–H groups in total. The maximum Gasteiger partial charge on any atom is 0.335 e. The fourth-order valence-corrected chi connectivity index (χ4v) is 15.5. The van der Waals surface area contributed by atoms with E-state index in [0.29, 0.717) is 42.8 Å². The molecule has 7 nitrogen and oxygen atoms in total. The van der Waals surface area contributed by atoms with Gasteiger partial charge in [0.05, 0.1) is 18.2 Å². The van der Waals surface area contributed by atoms with Gasteiger partial charge in [-0.3, -0.25) is 14.5 Å². The number of carbonyl (C=O) groups excluding carboxylic acids is 2. The molecular weight excluding hydrogens is 709 g/mol. The summed E-state index contributed by atoms with van der Waals surface area (Å²) in [6.45, 7) is 20.4. The third-order valence-electron chi connectivity index (χ3n) is 18.4. The maximum atomic E-state index is 14.4. The van der Waals surface area contributed by atoms with Crippen LogP contribution in [0.25, 0.3) is 5.57 Å². The Kier molecular flexibility index (Phi) is 10.6. The second kappa shape index (κ2) is 14.7. The number of ketones is 1. The average molecular weight is 781 g/mol. The molecule has 0 bridgehead atoms. The highest BCUT2D eigenvalue weighted by molar-refractivity contribution is 6.01. The van der Waals surface area contributed by atoms with Crippen LogP contribution in [0.2, 0.25) is 0 Å². The molecule has 312 valence electrons. The molecule has 5 fully saturated rings. The molecular formula is C50H72N2O5. The second-order valence-electron chi connectivity index (χ2n) is 21.5. The average Bonchev–Trinajstić information content (AvgIpc) is 3.77. The number of fused-ring (bicyclic) bond motifs is 7. The summed E-state index contributed by atoms with van der Waals surface area (Å²) in [5.74, 6) is 1.41. The monoisotopic (exact) mass is 781 g/mol. The Labute approximate surface area is 343 Å². The van der Waals surface area contributed by atoms with Gasteiger partial charge in [0.2, 0.25) is 5.91 Å². The molecule has 7 heteroatoms. The summed E-state index contributed by atoms with van der Waals surface area (Å²) < 4.78 is 0. The molecule has 0 spiro atoms. The van der Waals surface area contributed by atoms with Gasteiger partial charge in [0.25, 0.3) is 0 Å². The van der Waals surface area contributed by atoms with Gasteiger partial charge in [0.1, 0.15) is 0 Å². The van der Waals surface area contributed by atoms with E-state index < -0.39 is 17.5 Å². The highest BCUT2D eigenvalue weighted by atomic mass is 16.4. The predicted molar refractivity (Wildman–Crippen MR) is 226 cm³/mol. The van der Waals surface area contributed by atoms with Crippen LogP contribution in [0.4, 0.5) is 0 Å². The van der Waals surface area contributed by atoms with Crippen LogP contribution in [0.5, 0.6) is 0 Å². The van der Waals surface area contributed by atoms with E-state index in [-0.39, 0.29) is 45.2 Å². The minimum atomic E-state index is -0.889. The highest BCUT2D eigenvalue weighted by Gasteiger charge is 2.71. The normalized spacial score (nSPS) is 36.8. The van der Waals surface area contributed by atoms with Crippen LogP contribution < -0.4 is 0 Å². The number of hydrogen-bond donors (Lipinski definition) is 2. The van der Waals surface area contributed by atoms with Crippen molar-refractivity contribution < 1.29 is 24.6 Å². The number of benzene rings is 1. The summed E-state index contributed by atoms with van der Waals surface area (Å²) in [5, 5.41) is 22.3. The number of amides is 1. The van der Waals surface area contributed by atoms with E-state index >= 15 is 0 Å². The molecule has 1 heterocycles. The maximum absolute atomic E-state index is 14.4. The Morgan fingerprint density at radius 3 is 2.23 bits per heavy atom. The number of hydrogen-bond acceptors (Lipinski definition) is 5. The van der Waals surface area contributed by atoms with E-state index in [1.54, 1.807) is 12.1 Å². The molecule has 0 aromatic heterocycles. The van der Waals surface area contributed by atoms with E-state index in [9.17, 15) is 24.6 Å². The SMILES string of the molecule is CC[C@@]12CC[C@@]3([C@@H](O)CN(CC4CCC4)C(=O)CN4CCCC4)CC(=O)C(C(C)C)=C3[C@H]1CC[C@@H]1[C@@]3(C)CC=C(c4ccc(C(=O)O)cc4)C(C)(C)[C@H]3CC[C@]12C. The van der Waals surface area contributed by atoms with Crippen LogP contribution in [0, 0.1) is 56.7 Å². The number of rotatable bonds is 11. The van der Waals surface area contributed by atoms with E-state index in [4.69, 9.17) is 0 Å². The van der Waals surface area contributed by atoms with E-state index in [1.807, 2.05) is 17.0 Å². The lowest BCUT2D eigenvalue weighted by Gasteiger charge is -2.72. The van der Waals surface area contributed by atoms with Crippen molar-refractivity contribution in [3.63, 3.8) is 0 Å². The summed E-state index contributed by atoms with van der Waals surface area (Å²) in [7, 11) is 0.